The molecule has 0 bridgehead atoms. The number of halogens is 4. The molecule has 0 spiro atoms. The van der Waals surface area contributed by atoms with Gasteiger partial charge in [-0.15, -0.1) is 13.2 Å². The molecule has 0 atom stereocenters. The molecule has 1 fully saturated rings. The summed E-state index contributed by atoms with van der Waals surface area (Å²) in [6.45, 7) is 1.85. The quantitative estimate of drug-likeness (QED) is 0.738. The molecule has 0 aromatic heterocycles. The smallest absolute Gasteiger partial charge is 0.301 e. The average Bonchev–Trinajstić information content (AvgIpc) is 2.17. The normalized spacial score (nSPS) is 20.8. The minimum Gasteiger partial charge on any atom is -0.301 e. The number of rotatable bonds is 4. The first kappa shape index (κ1) is 13.3. The minimum absolute atomic E-state index is 0.261. The van der Waals surface area contributed by atoms with Crippen LogP contribution in [-0.2, 0) is 4.74 Å². The monoisotopic (exact) mass is 289 g/mol. The van der Waals surface area contributed by atoms with Crippen molar-refractivity contribution in [3.05, 3.63) is 0 Å². The van der Waals surface area contributed by atoms with Gasteiger partial charge in [-0.3, -0.25) is 4.74 Å². The molecule has 6 heteroatoms. The van der Waals surface area contributed by atoms with Crippen molar-refractivity contribution in [3.63, 3.8) is 0 Å². The molecule has 90 valence electrons. The Bertz CT molecular complexity index is 181. The number of piperidine rings is 1. The van der Waals surface area contributed by atoms with Gasteiger partial charge in [0.05, 0.1) is 6.61 Å². The fraction of sp³-hybridized carbons (Fsp3) is 1.00. The number of likely N-dealkylation sites (tertiary alicyclic amines) is 1. The van der Waals surface area contributed by atoms with Crippen molar-refractivity contribution in [3.8, 4) is 0 Å². The van der Waals surface area contributed by atoms with Gasteiger partial charge in [-0.2, -0.15) is 0 Å². The third-order valence-electron chi connectivity index (χ3n) is 2.60. The van der Waals surface area contributed by atoms with Crippen LogP contribution >= 0.6 is 15.9 Å². The van der Waals surface area contributed by atoms with Gasteiger partial charge in [0.2, 0.25) is 0 Å². The van der Waals surface area contributed by atoms with E-state index >= 15 is 0 Å². The molecule has 0 aromatic carbocycles. The zero-order valence-corrected chi connectivity index (χ0v) is 9.98. The van der Waals surface area contributed by atoms with Crippen LogP contribution in [0.1, 0.15) is 12.8 Å². The Balaban J connectivity index is 2.09. The highest BCUT2D eigenvalue weighted by Gasteiger charge is 2.29. The number of hydrogen-bond acceptors (Lipinski definition) is 2. The summed E-state index contributed by atoms with van der Waals surface area (Å²) in [5.74, 6) is 0.671. The number of alkyl halides is 4. The highest BCUT2D eigenvalue weighted by atomic mass is 79.9. The van der Waals surface area contributed by atoms with Crippen molar-refractivity contribution in [2.45, 2.75) is 19.2 Å². The molecule has 0 radical (unpaired) electrons. The molecule has 1 aliphatic heterocycles. The van der Waals surface area contributed by atoms with E-state index in [0.29, 0.717) is 12.5 Å². The van der Waals surface area contributed by atoms with E-state index in [-0.39, 0.29) is 6.61 Å². The lowest BCUT2D eigenvalue weighted by Gasteiger charge is -2.30. The standard InChI is InChI=1S/C9H15BrF3NO/c10-7-8-1-3-14(4-2-8)5-6-15-9(11,12)13/h8H,1-7H2. The molecule has 2 nitrogen and oxygen atoms in total. The van der Waals surface area contributed by atoms with Gasteiger partial charge in [0.25, 0.3) is 0 Å². The maximum Gasteiger partial charge on any atom is 0.522 e. The minimum atomic E-state index is -4.49. The summed E-state index contributed by atoms with van der Waals surface area (Å²) < 4.78 is 38.8. The van der Waals surface area contributed by atoms with Crippen molar-refractivity contribution in [2.24, 2.45) is 5.92 Å². The Kier molecular flexibility index (Phi) is 5.35. The predicted octanol–water partition coefficient (Wildman–Crippen LogP) is 2.63. The molecule has 1 heterocycles. The first-order chi connectivity index (χ1) is 7.01. The molecule has 1 rings (SSSR count). The maximum absolute atomic E-state index is 11.7. The average molecular weight is 290 g/mol. The summed E-state index contributed by atoms with van der Waals surface area (Å²) in [7, 11) is 0. The van der Waals surface area contributed by atoms with Crippen molar-refractivity contribution < 1.29 is 17.9 Å². The molecule has 0 unspecified atom stereocenters. The van der Waals surface area contributed by atoms with Gasteiger partial charge in [-0.05, 0) is 31.8 Å². The molecule has 0 amide bonds. The number of ether oxygens (including phenoxy) is 1. The Labute approximate surface area is 95.9 Å². The second-order valence-electron chi connectivity index (χ2n) is 3.73. The molecule has 15 heavy (non-hydrogen) atoms. The molecule has 1 aliphatic rings. The van der Waals surface area contributed by atoms with Crippen LogP contribution in [0, 0.1) is 5.92 Å². The van der Waals surface area contributed by atoms with Crippen LogP contribution in [-0.4, -0.2) is 42.8 Å². The molecule has 0 saturated carbocycles. The van der Waals surface area contributed by atoms with E-state index in [2.05, 4.69) is 20.7 Å². The Morgan fingerprint density at radius 1 is 1.27 bits per heavy atom. The van der Waals surface area contributed by atoms with Crippen LogP contribution < -0.4 is 0 Å². The van der Waals surface area contributed by atoms with Gasteiger partial charge in [-0.1, -0.05) is 15.9 Å². The number of nitrogens with zero attached hydrogens (tertiary/aromatic N) is 1. The zero-order valence-electron chi connectivity index (χ0n) is 8.39. The van der Waals surface area contributed by atoms with Crippen molar-refractivity contribution in [1.82, 2.24) is 4.90 Å². The summed E-state index contributed by atoms with van der Waals surface area (Å²) >= 11 is 3.42. The van der Waals surface area contributed by atoms with E-state index < -0.39 is 6.36 Å². The predicted molar refractivity (Wildman–Crippen MR) is 55.0 cm³/mol. The molecule has 0 N–H and O–H groups in total. The van der Waals surface area contributed by atoms with Crippen LogP contribution in [0.15, 0.2) is 0 Å². The van der Waals surface area contributed by atoms with Crippen LogP contribution in [0.4, 0.5) is 13.2 Å². The molecule has 1 saturated heterocycles. The van der Waals surface area contributed by atoms with Gasteiger partial charge in [0, 0.05) is 11.9 Å². The van der Waals surface area contributed by atoms with E-state index in [1.807, 2.05) is 4.90 Å². The van der Waals surface area contributed by atoms with E-state index in [4.69, 9.17) is 0 Å². The summed E-state index contributed by atoms with van der Waals surface area (Å²) in [6, 6.07) is 0. The summed E-state index contributed by atoms with van der Waals surface area (Å²) in [4.78, 5) is 2.02. The van der Waals surface area contributed by atoms with Crippen LogP contribution in [0.25, 0.3) is 0 Å². The van der Waals surface area contributed by atoms with Crippen LogP contribution in [0.2, 0.25) is 0 Å². The third kappa shape index (κ3) is 5.73. The summed E-state index contributed by atoms with van der Waals surface area (Å²) in [6.07, 6.45) is -2.39. The largest absolute Gasteiger partial charge is 0.522 e. The number of hydrogen-bond donors (Lipinski definition) is 0. The van der Waals surface area contributed by atoms with E-state index in [1.165, 1.54) is 0 Å². The van der Waals surface area contributed by atoms with Crippen molar-refractivity contribution >= 4 is 15.9 Å². The molecular weight excluding hydrogens is 275 g/mol. The second kappa shape index (κ2) is 6.06. The van der Waals surface area contributed by atoms with Gasteiger partial charge < -0.3 is 4.90 Å². The SMILES string of the molecule is FC(F)(F)OCCN1CCC(CBr)CC1. The lowest BCUT2D eigenvalue weighted by molar-refractivity contribution is -0.325. The first-order valence-electron chi connectivity index (χ1n) is 5.00. The van der Waals surface area contributed by atoms with Crippen molar-refractivity contribution in [2.75, 3.05) is 31.6 Å². The fourth-order valence-electron chi connectivity index (χ4n) is 1.65. The lowest BCUT2D eigenvalue weighted by Crippen LogP contribution is -2.37. The Morgan fingerprint density at radius 2 is 1.87 bits per heavy atom. The third-order valence-corrected chi connectivity index (χ3v) is 3.51. The van der Waals surface area contributed by atoms with Crippen LogP contribution in [0.5, 0.6) is 0 Å². The topological polar surface area (TPSA) is 12.5 Å². The van der Waals surface area contributed by atoms with Gasteiger partial charge in [0.15, 0.2) is 0 Å². The summed E-state index contributed by atoms with van der Waals surface area (Å²) in [5, 5.41) is 0.986. The van der Waals surface area contributed by atoms with E-state index in [0.717, 1.165) is 31.3 Å². The Hall–Kier alpha value is 0.190. The lowest BCUT2D eigenvalue weighted by atomic mass is 9.99. The molecule has 0 aromatic rings. The summed E-state index contributed by atoms with van der Waals surface area (Å²) in [5.41, 5.74) is 0. The fourth-order valence-corrected chi connectivity index (χ4v) is 2.30. The maximum atomic E-state index is 11.7. The Morgan fingerprint density at radius 3 is 2.33 bits per heavy atom. The zero-order chi connectivity index (χ0) is 11.3. The highest BCUT2D eigenvalue weighted by molar-refractivity contribution is 9.09. The highest BCUT2D eigenvalue weighted by Crippen LogP contribution is 2.19. The van der Waals surface area contributed by atoms with Gasteiger partial charge in [0.1, 0.15) is 0 Å². The molecule has 0 aliphatic carbocycles. The van der Waals surface area contributed by atoms with Gasteiger partial charge in [-0.25, -0.2) is 0 Å². The second-order valence-corrected chi connectivity index (χ2v) is 4.38. The first-order valence-corrected chi connectivity index (χ1v) is 6.12. The molecular formula is C9H15BrF3NO. The van der Waals surface area contributed by atoms with Gasteiger partial charge >= 0.3 is 6.36 Å². The van der Waals surface area contributed by atoms with E-state index in [9.17, 15) is 13.2 Å². The van der Waals surface area contributed by atoms with Crippen LogP contribution in [0.3, 0.4) is 0 Å². The van der Waals surface area contributed by atoms with Crippen molar-refractivity contribution in [1.29, 1.82) is 0 Å². The van der Waals surface area contributed by atoms with E-state index in [1.54, 1.807) is 0 Å².